The number of halogens is 2. The highest BCUT2D eigenvalue weighted by atomic mass is 35.5. The lowest BCUT2D eigenvalue weighted by atomic mass is 10.2. The Bertz CT molecular complexity index is 936. The van der Waals surface area contributed by atoms with Crippen molar-refractivity contribution in [2.75, 3.05) is 12.4 Å². The van der Waals surface area contributed by atoms with Crippen LogP contribution in [-0.2, 0) is 5.75 Å². The summed E-state index contributed by atoms with van der Waals surface area (Å²) in [6.07, 6.45) is 0. The van der Waals surface area contributed by atoms with Crippen molar-refractivity contribution in [3.05, 3.63) is 64.4 Å². The number of benzene rings is 2. The second kappa shape index (κ2) is 8.48. The molecule has 0 unspecified atom stereocenters. The number of nitrogens with one attached hydrogen (secondary N) is 1. The van der Waals surface area contributed by atoms with E-state index in [1.807, 2.05) is 6.07 Å². The molecular formula is C17H13ClFN3O2S2. The summed E-state index contributed by atoms with van der Waals surface area (Å²) in [7, 11) is 1.48. The van der Waals surface area contributed by atoms with Gasteiger partial charge in [-0.1, -0.05) is 46.8 Å². The molecule has 3 rings (SSSR count). The third kappa shape index (κ3) is 4.72. The van der Waals surface area contributed by atoms with Crippen LogP contribution < -0.4 is 10.1 Å². The molecule has 0 spiro atoms. The van der Waals surface area contributed by atoms with Crippen molar-refractivity contribution >= 4 is 45.7 Å². The molecule has 9 heteroatoms. The normalized spacial score (nSPS) is 10.6. The van der Waals surface area contributed by atoms with E-state index < -0.39 is 0 Å². The Morgan fingerprint density at radius 2 is 2.15 bits per heavy atom. The summed E-state index contributed by atoms with van der Waals surface area (Å²) >= 11 is 8.60. The van der Waals surface area contributed by atoms with Gasteiger partial charge >= 0.3 is 0 Å². The summed E-state index contributed by atoms with van der Waals surface area (Å²) in [5, 5.41) is 11.5. The average molecular weight is 410 g/mol. The van der Waals surface area contributed by atoms with Crippen LogP contribution >= 0.6 is 34.7 Å². The van der Waals surface area contributed by atoms with Crippen LogP contribution in [0.25, 0.3) is 0 Å². The van der Waals surface area contributed by atoms with Gasteiger partial charge < -0.3 is 4.74 Å². The van der Waals surface area contributed by atoms with Crippen molar-refractivity contribution in [3.8, 4) is 5.75 Å². The Morgan fingerprint density at radius 3 is 2.92 bits per heavy atom. The van der Waals surface area contributed by atoms with Gasteiger partial charge in [0.25, 0.3) is 5.91 Å². The van der Waals surface area contributed by atoms with Crippen molar-refractivity contribution in [1.82, 2.24) is 10.2 Å². The number of carbonyl (C=O) groups is 1. The van der Waals surface area contributed by atoms with Crippen LogP contribution in [-0.4, -0.2) is 23.2 Å². The number of hydrogen-bond donors (Lipinski definition) is 1. The number of carbonyl (C=O) groups excluding carboxylic acids is 1. The van der Waals surface area contributed by atoms with E-state index in [9.17, 15) is 9.18 Å². The molecule has 0 aliphatic rings. The first-order valence-corrected chi connectivity index (χ1v) is 9.59. The second-order valence-corrected chi connectivity index (χ2v) is 7.73. The number of ether oxygens (including phenoxy) is 1. The Balaban J connectivity index is 1.65. The highest BCUT2D eigenvalue weighted by molar-refractivity contribution is 8.00. The Labute approximate surface area is 162 Å². The fourth-order valence-corrected chi connectivity index (χ4v) is 3.97. The molecule has 5 nitrogen and oxygen atoms in total. The summed E-state index contributed by atoms with van der Waals surface area (Å²) in [6, 6.07) is 11.2. The zero-order valence-electron chi connectivity index (χ0n) is 13.5. The first-order valence-electron chi connectivity index (χ1n) is 7.41. The summed E-state index contributed by atoms with van der Waals surface area (Å²) in [5.41, 5.74) is 1.16. The van der Waals surface area contributed by atoms with E-state index in [2.05, 4.69) is 15.5 Å². The number of anilines is 1. The minimum Gasteiger partial charge on any atom is -0.496 e. The molecule has 1 heterocycles. The molecule has 0 bridgehead atoms. The first-order chi connectivity index (χ1) is 12.5. The van der Waals surface area contributed by atoms with Crippen LogP contribution in [0.5, 0.6) is 5.75 Å². The van der Waals surface area contributed by atoms with E-state index in [4.69, 9.17) is 16.3 Å². The zero-order valence-corrected chi connectivity index (χ0v) is 15.9. The number of amides is 1. The first kappa shape index (κ1) is 18.6. The molecule has 0 saturated carbocycles. The molecule has 0 aliphatic carbocycles. The highest BCUT2D eigenvalue weighted by Crippen LogP contribution is 2.29. The standard InChI is InChI=1S/C17H13ClFN3O2S2/c1-24-14-6-5-11(18)8-13(14)15(23)20-16-21-22-17(26-16)25-9-10-3-2-4-12(19)7-10/h2-8H,9H2,1H3,(H,20,21,23). The quantitative estimate of drug-likeness (QED) is 0.464. The molecule has 0 atom stereocenters. The smallest absolute Gasteiger partial charge is 0.261 e. The number of aromatic nitrogens is 2. The molecule has 3 aromatic rings. The van der Waals surface area contributed by atoms with Crippen molar-refractivity contribution in [1.29, 1.82) is 0 Å². The number of hydrogen-bond acceptors (Lipinski definition) is 6. The van der Waals surface area contributed by atoms with Gasteiger partial charge in [-0.15, -0.1) is 10.2 Å². The van der Waals surface area contributed by atoms with Crippen molar-refractivity contribution < 1.29 is 13.9 Å². The Morgan fingerprint density at radius 1 is 1.31 bits per heavy atom. The van der Waals surface area contributed by atoms with Crippen LogP contribution in [0, 0.1) is 5.82 Å². The summed E-state index contributed by atoms with van der Waals surface area (Å²) < 4.78 is 19.0. The fourth-order valence-electron chi connectivity index (χ4n) is 2.11. The number of rotatable bonds is 6. The fraction of sp³-hybridized carbons (Fsp3) is 0.118. The summed E-state index contributed by atoms with van der Waals surface area (Å²) in [5.74, 6) is 0.311. The van der Waals surface area contributed by atoms with Crippen LogP contribution in [0.1, 0.15) is 15.9 Å². The summed E-state index contributed by atoms with van der Waals surface area (Å²) in [4.78, 5) is 12.4. The van der Waals surface area contributed by atoms with Gasteiger partial charge in [-0.2, -0.15) is 0 Å². The third-order valence-corrected chi connectivity index (χ3v) is 5.56. The topological polar surface area (TPSA) is 64.1 Å². The van der Waals surface area contributed by atoms with Gasteiger partial charge in [-0.25, -0.2) is 4.39 Å². The van der Waals surface area contributed by atoms with Crippen LogP contribution in [0.3, 0.4) is 0 Å². The van der Waals surface area contributed by atoms with Gasteiger partial charge in [-0.05, 0) is 35.9 Å². The van der Waals surface area contributed by atoms with E-state index in [-0.39, 0.29) is 11.7 Å². The molecule has 26 heavy (non-hydrogen) atoms. The number of methoxy groups -OCH3 is 1. The molecule has 0 aliphatic heterocycles. The van der Waals surface area contributed by atoms with Crippen molar-refractivity contribution in [3.63, 3.8) is 0 Å². The minimum absolute atomic E-state index is 0.274. The van der Waals surface area contributed by atoms with Gasteiger partial charge in [0.2, 0.25) is 5.13 Å². The number of thioether (sulfide) groups is 1. The molecule has 1 aromatic heterocycles. The molecule has 0 radical (unpaired) electrons. The van der Waals surface area contributed by atoms with Crippen molar-refractivity contribution in [2.24, 2.45) is 0 Å². The van der Waals surface area contributed by atoms with Gasteiger partial charge in [0, 0.05) is 10.8 Å². The maximum Gasteiger partial charge on any atom is 0.261 e. The number of nitrogens with zero attached hydrogens (tertiary/aromatic N) is 2. The van der Waals surface area contributed by atoms with E-state index in [1.54, 1.807) is 18.2 Å². The van der Waals surface area contributed by atoms with E-state index in [1.165, 1.54) is 48.4 Å². The van der Waals surface area contributed by atoms with E-state index in [0.717, 1.165) is 5.56 Å². The van der Waals surface area contributed by atoms with Crippen molar-refractivity contribution in [2.45, 2.75) is 10.1 Å². The minimum atomic E-state index is -0.387. The van der Waals surface area contributed by atoms with Gasteiger partial charge in [0.05, 0.1) is 12.7 Å². The van der Waals surface area contributed by atoms with E-state index in [0.29, 0.717) is 31.6 Å². The molecule has 1 amide bonds. The Kier molecular flexibility index (Phi) is 6.08. The van der Waals surface area contributed by atoms with Gasteiger partial charge in [0.15, 0.2) is 4.34 Å². The molecule has 1 N–H and O–H groups in total. The Hall–Kier alpha value is -2.16. The summed E-state index contributed by atoms with van der Waals surface area (Å²) in [6.45, 7) is 0. The van der Waals surface area contributed by atoms with E-state index >= 15 is 0 Å². The molecule has 0 fully saturated rings. The largest absolute Gasteiger partial charge is 0.496 e. The van der Waals surface area contributed by atoms with Gasteiger partial charge in [-0.3, -0.25) is 10.1 Å². The lowest BCUT2D eigenvalue weighted by Gasteiger charge is -2.07. The third-order valence-electron chi connectivity index (χ3n) is 3.28. The lowest BCUT2D eigenvalue weighted by molar-refractivity contribution is 0.102. The SMILES string of the molecule is COc1ccc(Cl)cc1C(=O)Nc1nnc(SCc2cccc(F)c2)s1. The maximum absolute atomic E-state index is 13.2. The monoisotopic (exact) mass is 409 g/mol. The average Bonchev–Trinajstić information content (AvgIpc) is 3.07. The second-order valence-electron chi connectivity index (χ2n) is 5.09. The molecule has 134 valence electrons. The van der Waals surface area contributed by atoms with Crippen LogP contribution in [0.15, 0.2) is 46.8 Å². The molecule has 2 aromatic carbocycles. The van der Waals surface area contributed by atoms with Crippen LogP contribution in [0.4, 0.5) is 9.52 Å². The highest BCUT2D eigenvalue weighted by Gasteiger charge is 2.15. The van der Waals surface area contributed by atoms with Gasteiger partial charge in [0.1, 0.15) is 11.6 Å². The lowest BCUT2D eigenvalue weighted by Crippen LogP contribution is -2.13. The maximum atomic E-state index is 13.2. The zero-order chi connectivity index (χ0) is 18.5. The molecular weight excluding hydrogens is 397 g/mol. The van der Waals surface area contributed by atoms with Crippen LogP contribution in [0.2, 0.25) is 5.02 Å². The predicted molar refractivity (Wildman–Crippen MR) is 102 cm³/mol. The molecule has 0 saturated heterocycles. The predicted octanol–water partition coefficient (Wildman–Crippen LogP) is 4.88.